The Balaban J connectivity index is 2.60. The zero-order valence-corrected chi connectivity index (χ0v) is 6.41. The normalized spacial score (nSPS) is 14.6. The Hall–Kier alpha value is -1.25. The van der Waals surface area contributed by atoms with Crippen LogP contribution in [0.15, 0.2) is 11.3 Å². The molecule has 0 unspecified atom stereocenters. The third kappa shape index (κ3) is 1.02. The zero-order chi connectivity index (χ0) is 7.68. The quantitative estimate of drug-likeness (QED) is 0.556. The van der Waals surface area contributed by atoms with E-state index in [1.54, 1.807) is 6.33 Å². The third-order valence-corrected chi connectivity index (χ3v) is 1.81. The van der Waals surface area contributed by atoms with E-state index in [1.807, 2.05) is 13.1 Å². The molecule has 0 amide bonds. The Morgan fingerprint density at radius 1 is 1.36 bits per heavy atom. The molecule has 0 fully saturated rings. The van der Waals surface area contributed by atoms with Crippen LogP contribution in [-0.2, 0) is 6.42 Å². The largest absolute Gasteiger partial charge is 0.257 e. The SMILES string of the molecule is Cc1ncnc2c1N=CCC2. The zero-order valence-electron chi connectivity index (χ0n) is 6.41. The van der Waals surface area contributed by atoms with Crippen LogP contribution in [0.4, 0.5) is 5.69 Å². The van der Waals surface area contributed by atoms with Crippen LogP contribution >= 0.6 is 0 Å². The lowest BCUT2D eigenvalue weighted by Crippen LogP contribution is -1.99. The molecule has 0 spiro atoms. The molecular formula is C8H9N3. The summed E-state index contributed by atoms with van der Waals surface area (Å²) in [5.41, 5.74) is 3.03. The second kappa shape index (κ2) is 2.42. The molecule has 0 atom stereocenters. The van der Waals surface area contributed by atoms with Gasteiger partial charge in [0.25, 0.3) is 0 Å². The average Bonchev–Trinajstić information content (AvgIpc) is 2.06. The van der Waals surface area contributed by atoms with Crippen LogP contribution in [-0.4, -0.2) is 16.2 Å². The summed E-state index contributed by atoms with van der Waals surface area (Å²) in [4.78, 5) is 12.5. The van der Waals surface area contributed by atoms with E-state index in [4.69, 9.17) is 0 Å². The average molecular weight is 147 g/mol. The van der Waals surface area contributed by atoms with Gasteiger partial charge in [0.1, 0.15) is 12.0 Å². The minimum Gasteiger partial charge on any atom is -0.257 e. The van der Waals surface area contributed by atoms with Gasteiger partial charge in [0, 0.05) is 6.21 Å². The fourth-order valence-corrected chi connectivity index (χ4v) is 1.22. The molecule has 1 aromatic heterocycles. The number of nitrogens with zero attached hydrogens (tertiary/aromatic N) is 3. The molecule has 3 nitrogen and oxygen atoms in total. The molecule has 11 heavy (non-hydrogen) atoms. The van der Waals surface area contributed by atoms with Crippen molar-refractivity contribution in [3.8, 4) is 0 Å². The predicted molar refractivity (Wildman–Crippen MR) is 43.2 cm³/mol. The van der Waals surface area contributed by atoms with Crippen molar-refractivity contribution in [1.29, 1.82) is 0 Å². The fourth-order valence-electron chi connectivity index (χ4n) is 1.22. The van der Waals surface area contributed by atoms with Gasteiger partial charge in [-0.25, -0.2) is 9.97 Å². The van der Waals surface area contributed by atoms with E-state index >= 15 is 0 Å². The van der Waals surface area contributed by atoms with Gasteiger partial charge in [0.2, 0.25) is 0 Å². The van der Waals surface area contributed by atoms with Crippen molar-refractivity contribution in [1.82, 2.24) is 9.97 Å². The minimum absolute atomic E-state index is 0.971. The number of aromatic nitrogens is 2. The van der Waals surface area contributed by atoms with Gasteiger partial charge in [0.15, 0.2) is 0 Å². The molecule has 0 aliphatic carbocycles. The van der Waals surface area contributed by atoms with Crippen molar-refractivity contribution in [2.24, 2.45) is 4.99 Å². The molecule has 0 saturated carbocycles. The van der Waals surface area contributed by atoms with Crippen molar-refractivity contribution in [3.05, 3.63) is 17.7 Å². The summed E-state index contributed by atoms with van der Waals surface area (Å²) in [5, 5.41) is 0. The lowest BCUT2D eigenvalue weighted by molar-refractivity contribution is 0.921. The molecule has 1 aromatic rings. The van der Waals surface area contributed by atoms with Gasteiger partial charge in [0.05, 0.1) is 11.4 Å². The van der Waals surface area contributed by atoms with Gasteiger partial charge >= 0.3 is 0 Å². The Bertz CT molecular complexity index is 304. The molecule has 0 aromatic carbocycles. The van der Waals surface area contributed by atoms with Gasteiger partial charge in [-0.1, -0.05) is 0 Å². The van der Waals surface area contributed by atoms with Crippen molar-refractivity contribution in [2.45, 2.75) is 19.8 Å². The van der Waals surface area contributed by atoms with Crippen molar-refractivity contribution in [2.75, 3.05) is 0 Å². The summed E-state index contributed by atoms with van der Waals surface area (Å²) in [5.74, 6) is 0. The van der Waals surface area contributed by atoms with Gasteiger partial charge in [-0.3, -0.25) is 4.99 Å². The Labute approximate surface area is 65.2 Å². The van der Waals surface area contributed by atoms with Crippen molar-refractivity contribution >= 4 is 11.9 Å². The molecule has 0 N–H and O–H groups in total. The monoisotopic (exact) mass is 147 g/mol. The molecule has 2 heterocycles. The standard InChI is InChI=1S/C8H9N3/c1-6-8-7(11-5-10-6)3-2-4-9-8/h4-5H,2-3H2,1H3. The minimum atomic E-state index is 0.971. The van der Waals surface area contributed by atoms with Crippen molar-refractivity contribution < 1.29 is 0 Å². The number of aliphatic imine (C=N–C) groups is 1. The van der Waals surface area contributed by atoms with Crippen LogP contribution < -0.4 is 0 Å². The second-order valence-electron chi connectivity index (χ2n) is 2.60. The van der Waals surface area contributed by atoms with Crippen molar-refractivity contribution in [3.63, 3.8) is 0 Å². The molecule has 0 radical (unpaired) electrons. The molecule has 1 aliphatic heterocycles. The van der Waals surface area contributed by atoms with Crippen LogP contribution in [0, 0.1) is 6.92 Å². The summed E-state index contributed by atoms with van der Waals surface area (Å²) in [6.07, 6.45) is 5.54. The summed E-state index contributed by atoms with van der Waals surface area (Å²) >= 11 is 0. The van der Waals surface area contributed by atoms with E-state index in [2.05, 4.69) is 15.0 Å². The Morgan fingerprint density at radius 2 is 2.27 bits per heavy atom. The lowest BCUT2D eigenvalue weighted by Gasteiger charge is -2.08. The molecular weight excluding hydrogens is 138 g/mol. The topological polar surface area (TPSA) is 38.1 Å². The van der Waals surface area contributed by atoms with E-state index in [1.165, 1.54) is 0 Å². The first-order valence-corrected chi connectivity index (χ1v) is 3.71. The first kappa shape index (κ1) is 6.46. The fraction of sp³-hybridized carbons (Fsp3) is 0.375. The smallest absolute Gasteiger partial charge is 0.116 e. The number of hydrogen-bond donors (Lipinski definition) is 0. The van der Waals surface area contributed by atoms with E-state index in [-0.39, 0.29) is 0 Å². The first-order chi connectivity index (χ1) is 5.38. The van der Waals surface area contributed by atoms with Crippen LogP contribution in [0.2, 0.25) is 0 Å². The third-order valence-electron chi connectivity index (χ3n) is 1.81. The Kier molecular flexibility index (Phi) is 1.42. The van der Waals surface area contributed by atoms with E-state index in [0.29, 0.717) is 0 Å². The number of aryl methyl sites for hydroxylation is 2. The lowest BCUT2D eigenvalue weighted by atomic mass is 10.1. The van der Waals surface area contributed by atoms with E-state index in [0.717, 1.165) is 29.9 Å². The highest BCUT2D eigenvalue weighted by atomic mass is 14.9. The van der Waals surface area contributed by atoms with Crippen LogP contribution in [0.3, 0.4) is 0 Å². The second-order valence-corrected chi connectivity index (χ2v) is 2.60. The summed E-state index contributed by atoms with van der Waals surface area (Å²) in [6, 6.07) is 0. The predicted octanol–water partition coefficient (Wildman–Crippen LogP) is 1.43. The van der Waals surface area contributed by atoms with Crippen LogP contribution in [0.5, 0.6) is 0 Å². The summed E-state index contributed by atoms with van der Waals surface area (Å²) in [6.45, 7) is 1.96. The van der Waals surface area contributed by atoms with E-state index in [9.17, 15) is 0 Å². The molecule has 2 rings (SSSR count). The summed E-state index contributed by atoms with van der Waals surface area (Å²) in [7, 11) is 0. The maximum atomic E-state index is 4.24. The highest BCUT2D eigenvalue weighted by Gasteiger charge is 2.08. The molecule has 0 saturated heterocycles. The highest BCUT2D eigenvalue weighted by molar-refractivity contribution is 5.68. The van der Waals surface area contributed by atoms with Gasteiger partial charge in [-0.15, -0.1) is 0 Å². The van der Waals surface area contributed by atoms with Crippen LogP contribution in [0.1, 0.15) is 17.8 Å². The first-order valence-electron chi connectivity index (χ1n) is 3.71. The number of hydrogen-bond acceptors (Lipinski definition) is 3. The molecule has 3 heteroatoms. The summed E-state index contributed by atoms with van der Waals surface area (Å²) < 4.78 is 0. The maximum absolute atomic E-state index is 4.24. The van der Waals surface area contributed by atoms with Gasteiger partial charge in [-0.05, 0) is 19.8 Å². The highest BCUT2D eigenvalue weighted by Crippen LogP contribution is 2.23. The van der Waals surface area contributed by atoms with Gasteiger partial charge < -0.3 is 0 Å². The number of rotatable bonds is 0. The Morgan fingerprint density at radius 3 is 3.09 bits per heavy atom. The van der Waals surface area contributed by atoms with Crippen LogP contribution in [0.25, 0.3) is 0 Å². The molecule has 0 bridgehead atoms. The molecule has 56 valence electrons. The number of fused-ring (bicyclic) bond motifs is 1. The van der Waals surface area contributed by atoms with E-state index < -0.39 is 0 Å². The van der Waals surface area contributed by atoms with Gasteiger partial charge in [-0.2, -0.15) is 0 Å². The maximum Gasteiger partial charge on any atom is 0.116 e. The molecule has 1 aliphatic rings.